The van der Waals surface area contributed by atoms with Crippen molar-refractivity contribution in [1.29, 1.82) is 0 Å². The Morgan fingerprint density at radius 2 is 1.75 bits per heavy atom. The minimum Gasteiger partial charge on any atom is -0.353 e. The second kappa shape index (κ2) is 10.0. The zero-order chi connectivity index (χ0) is 23.5. The molecule has 2 aromatic rings. The zero-order valence-corrected chi connectivity index (χ0v) is 21.0. The van der Waals surface area contributed by atoms with Crippen LogP contribution < -0.4 is 4.90 Å². The molecule has 1 saturated heterocycles. The first-order valence-electron chi connectivity index (χ1n) is 11.9. The highest BCUT2D eigenvalue weighted by atomic mass is 16.2. The maximum absolute atomic E-state index is 12.9. The standard InChI is InChI=1S/C27H40N4O/c1-19-9-8-10-23(15-19)17-24-21(3)28-22(4)29-26(24)31-13-11-30(12-14-31)25(32)16-20(2)18-27(5,6)7/h8-10,15,20H,11-14,16-18H2,1-7H3. The summed E-state index contributed by atoms with van der Waals surface area (Å²) in [7, 11) is 0. The molecule has 0 bridgehead atoms. The van der Waals surface area contributed by atoms with Gasteiger partial charge in [-0.05, 0) is 44.1 Å². The number of rotatable bonds is 6. The van der Waals surface area contributed by atoms with Crippen molar-refractivity contribution >= 4 is 11.7 Å². The molecule has 1 aromatic heterocycles. The molecule has 1 aliphatic heterocycles. The molecule has 0 N–H and O–H groups in total. The van der Waals surface area contributed by atoms with Gasteiger partial charge in [0.25, 0.3) is 0 Å². The first-order valence-corrected chi connectivity index (χ1v) is 11.9. The summed E-state index contributed by atoms with van der Waals surface area (Å²) >= 11 is 0. The van der Waals surface area contributed by atoms with Gasteiger partial charge in [-0.3, -0.25) is 4.79 Å². The number of amides is 1. The lowest BCUT2D eigenvalue weighted by molar-refractivity contribution is -0.132. The molecule has 1 aromatic carbocycles. The third-order valence-corrected chi connectivity index (χ3v) is 6.18. The molecular formula is C27H40N4O. The fourth-order valence-electron chi connectivity index (χ4n) is 4.92. The number of anilines is 1. The SMILES string of the molecule is Cc1cccc(Cc2c(C)nc(C)nc2N2CCN(C(=O)CC(C)CC(C)(C)C)CC2)c1. The van der Waals surface area contributed by atoms with Crippen molar-refractivity contribution in [3.8, 4) is 0 Å². The van der Waals surface area contributed by atoms with E-state index in [2.05, 4.69) is 75.7 Å². The Morgan fingerprint density at radius 3 is 2.38 bits per heavy atom. The number of aromatic nitrogens is 2. The topological polar surface area (TPSA) is 49.3 Å². The van der Waals surface area contributed by atoms with E-state index >= 15 is 0 Å². The van der Waals surface area contributed by atoms with Gasteiger partial charge in [-0.2, -0.15) is 0 Å². The second-order valence-electron chi connectivity index (χ2n) is 10.8. The van der Waals surface area contributed by atoms with Crippen LogP contribution in [0.2, 0.25) is 0 Å². The molecule has 174 valence electrons. The normalized spacial score (nSPS) is 15.7. The Morgan fingerprint density at radius 1 is 1.06 bits per heavy atom. The van der Waals surface area contributed by atoms with Crippen LogP contribution in [0.5, 0.6) is 0 Å². The molecule has 1 amide bonds. The van der Waals surface area contributed by atoms with E-state index in [0.29, 0.717) is 12.3 Å². The molecular weight excluding hydrogens is 396 g/mol. The number of carbonyl (C=O) groups is 1. The number of hydrogen-bond donors (Lipinski definition) is 0. The van der Waals surface area contributed by atoms with Crippen LogP contribution in [0.3, 0.4) is 0 Å². The number of nitrogens with zero attached hydrogens (tertiary/aromatic N) is 4. The Bertz CT molecular complexity index is 939. The molecule has 0 radical (unpaired) electrons. The maximum atomic E-state index is 12.9. The van der Waals surface area contributed by atoms with E-state index in [1.54, 1.807) is 0 Å². The minimum absolute atomic E-state index is 0.259. The van der Waals surface area contributed by atoms with Gasteiger partial charge in [0.05, 0.1) is 0 Å². The molecule has 5 heteroatoms. The van der Waals surface area contributed by atoms with Crippen LogP contribution in [-0.4, -0.2) is 47.0 Å². The van der Waals surface area contributed by atoms with Crippen LogP contribution in [0.4, 0.5) is 5.82 Å². The van der Waals surface area contributed by atoms with Crippen molar-refractivity contribution in [3.05, 3.63) is 52.5 Å². The van der Waals surface area contributed by atoms with E-state index in [-0.39, 0.29) is 11.3 Å². The number of benzene rings is 1. The number of carbonyl (C=O) groups excluding carboxylic acids is 1. The molecule has 1 unspecified atom stereocenters. The fourth-order valence-corrected chi connectivity index (χ4v) is 4.92. The molecule has 0 saturated carbocycles. The summed E-state index contributed by atoms with van der Waals surface area (Å²) in [6.45, 7) is 18.2. The van der Waals surface area contributed by atoms with Gasteiger partial charge in [-0.1, -0.05) is 57.5 Å². The fraction of sp³-hybridized carbons (Fsp3) is 0.593. The van der Waals surface area contributed by atoms with E-state index in [0.717, 1.165) is 56.4 Å². The predicted molar refractivity (Wildman–Crippen MR) is 132 cm³/mol. The summed E-state index contributed by atoms with van der Waals surface area (Å²) in [4.78, 5) is 26.7. The summed E-state index contributed by atoms with van der Waals surface area (Å²) in [6, 6.07) is 8.64. The lowest BCUT2D eigenvalue weighted by atomic mass is 9.84. The monoisotopic (exact) mass is 436 g/mol. The maximum Gasteiger partial charge on any atom is 0.222 e. The van der Waals surface area contributed by atoms with Crippen molar-refractivity contribution in [3.63, 3.8) is 0 Å². The van der Waals surface area contributed by atoms with E-state index in [1.807, 2.05) is 11.8 Å². The van der Waals surface area contributed by atoms with Crippen molar-refractivity contribution < 1.29 is 4.79 Å². The molecule has 32 heavy (non-hydrogen) atoms. The largest absolute Gasteiger partial charge is 0.353 e. The third-order valence-electron chi connectivity index (χ3n) is 6.18. The highest BCUT2D eigenvalue weighted by molar-refractivity contribution is 5.76. The summed E-state index contributed by atoms with van der Waals surface area (Å²) < 4.78 is 0. The van der Waals surface area contributed by atoms with Gasteiger partial charge in [-0.15, -0.1) is 0 Å². The van der Waals surface area contributed by atoms with Crippen LogP contribution >= 0.6 is 0 Å². The quantitative estimate of drug-likeness (QED) is 0.632. The highest BCUT2D eigenvalue weighted by Crippen LogP contribution is 2.28. The number of piperazine rings is 1. The van der Waals surface area contributed by atoms with E-state index in [4.69, 9.17) is 4.98 Å². The Balaban J connectivity index is 1.69. The van der Waals surface area contributed by atoms with Crippen LogP contribution in [0.15, 0.2) is 24.3 Å². The van der Waals surface area contributed by atoms with E-state index in [9.17, 15) is 4.79 Å². The average Bonchev–Trinajstić information content (AvgIpc) is 2.68. The second-order valence-corrected chi connectivity index (χ2v) is 10.8. The number of hydrogen-bond acceptors (Lipinski definition) is 4. The molecule has 1 aliphatic rings. The van der Waals surface area contributed by atoms with Gasteiger partial charge in [0.15, 0.2) is 0 Å². The molecule has 5 nitrogen and oxygen atoms in total. The first kappa shape index (κ1) is 24.2. The summed E-state index contributed by atoms with van der Waals surface area (Å²) in [5.74, 6) is 2.54. The van der Waals surface area contributed by atoms with Crippen LogP contribution in [-0.2, 0) is 11.2 Å². The molecule has 1 fully saturated rings. The van der Waals surface area contributed by atoms with Crippen molar-refractivity contribution in [2.45, 2.75) is 67.7 Å². The summed E-state index contributed by atoms with van der Waals surface area (Å²) in [5, 5.41) is 0. The average molecular weight is 437 g/mol. The number of aryl methyl sites for hydroxylation is 3. The third kappa shape index (κ3) is 6.54. The molecule has 1 atom stereocenters. The van der Waals surface area contributed by atoms with Crippen LogP contribution in [0, 0.1) is 32.1 Å². The first-order chi connectivity index (χ1) is 15.0. The Hall–Kier alpha value is -2.43. The van der Waals surface area contributed by atoms with Gasteiger partial charge >= 0.3 is 0 Å². The van der Waals surface area contributed by atoms with Crippen LogP contribution in [0.1, 0.15) is 68.7 Å². The van der Waals surface area contributed by atoms with Gasteiger partial charge < -0.3 is 9.80 Å². The summed E-state index contributed by atoms with van der Waals surface area (Å²) in [6.07, 6.45) is 2.54. The van der Waals surface area contributed by atoms with Gasteiger partial charge in [0.2, 0.25) is 5.91 Å². The Kier molecular flexibility index (Phi) is 7.58. The van der Waals surface area contributed by atoms with Gasteiger partial charge in [0, 0.05) is 50.3 Å². The Labute approximate surface area is 194 Å². The van der Waals surface area contributed by atoms with E-state index in [1.165, 1.54) is 16.7 Å². The van der Waals surface area contributed by atoms with Crippen molar-refractivity contribution in [2.24, 2.45) is 11.3 Å². The molecule has 0 spiro atoms. The molecule has 3 rings (SSSR count). The lowest BCUT2D eigenvalue weighted by Gasteiger charge is -2.37. The highest BCUT2D eigenvalue weighted by Gasteiger charge is 2.26. The molecule has 0 aliphatic carbocycles. The minimum atomic E-state index is 0.259. The van der Waals surface area contributed by atoms with Gasteiger partial charge in [-0.25, -0.2) is 9.97 Å². The lowest BCUT2D eigenvalue weighted by Crippen LogP contribution is -2.49. The van der Waals surface area contributed by atoms with Crippen molar-refractivity contribution in [2.75, 3.05) is 31.1 Å². The van der Waals surface area contributed by atoms with E-state index < -0.39 is 0 Å². The van der Waals surface area contributed by atoms with Crippen LogP contribution in [0.25, 0.3) is 0 Å². The summed E-state index contributed by atoms with van der Waals surface area (Å²) in [5.41, 5.74) is 5.05. The predicted octanol–water partition coefficient (Wildman–Crippen LogP) is 5.10. The molecule has 2 heterocycles. The smallest absolute Gasteiger partial charge is 0.222 e. The van der Waals surface area contributed by atoms with Gasteiger partial charge in [0.1, 0.15) is 11.6 Å². The zero-order valence-electron chi connectivity index (χ0n) is 21.0. The van der Waals surface area contributed by atoms with Crippen molar-refractivity contribution in [1.82, 2.24) is 14.9 Å².